The SMILES string of the molecule is C=C1CCc2ccc(Br)cc21.CC1=NN(c2ccc3c(c2)C(C)CC3)C(=O)C1.CC1=NN(c2ccc3c(c2)C(C)CC3)C(=O)C1.CC1CCc2ccc(Br)cc21.CC1CCc2ccc(N(NC(=O)OC(C)(C)C)C(=O)OC(C)(C)C)cc21.Cc1[nH]n(-c2ccc3c(c2)C(C)CC3)c(=O)c1N=Nc1cccc(-c2cccc(C(=O)O)c2)c1O.O=C(O)CCc1ccc(Br)cc1.O=C1CCc2ccc(Br)cc21. The number of benzene rings is 10. The highest BCUT2D eigenvalue weighted by Gasteiger charge is 2.33. The Morgan fingerprint density at radius 2 is 0.929 bits per heavy atom. The molecule has 5 N–H and O–H groups in total. The fourth-order valence-corrected chi connectivity index (χ4v) is 19.7. The van der Waals surface area contributed by atoms with Gasteiger partial charge < -0.3 is 24.8 Å². The van der Waals surface area contributed by atoms with E-state index in [2.05, 4.69) is 203 Å². The van der Waals surface area contributed by atoms with Crippen LogP contribution in [0.5, 0.6) is 5.75 Å². The van der Waals surface area contributed by atoms with Crippen molar-refractivity contribution >= 4 is 151 Å². The summed E-state index contributed by atoms with van der Waals surface area (Å²) < 4.78 is 16.6. The Labute approximate surface area is 853 Å². The molecule has 140 heavy (non-hydrogen) atoms. The van der Waals surface area contributed by atoms with Crippen LogP contribution < -0.4 is 26.0 Å². The van der Waals surface area contributed by atoms with E-state index in [4.69, 9.17) is 14.6 Å². The smallest absolute Gasteiger partial charge is 0.434 e. The topological polar surface area (TPSA) is 308 Å². The lowest BCUT2D eigenvalue weighted by Gasteiger charge is -2.29. The molecule has 11 aromatic rings. The summed E-state index contributed by atoms with van der Waals surface area (Å²) in [5.41, 5.74) is 28.7. The largest absolute Gasteiger partial charge is 0.505 e. The van der Waals surface area contributed by atoms with Crippen molar-refractivity contribution in [3.8, 4) is 22.6 Å². The Morgan fingerprint density at radius 1 is 0.486 bits per heavy atom. The molecule has 9 aliphatic rings. The first-order valence-corrected chi connectivity index (χ1v) is 50.9. The summed E-state index contributed by atoms with van der Waals surface area (Å²) in [5, 5.41) is 52.6. The molecule has 0 saturated heterocycles. The quantitative estimate of drug-likeness (QED) is 0.0595. The predicted octanol–water partition coefficient (Wildman–Crippen LogP) is 28.6. The average Bonchev–Trinajstić information content (AvgIpc) is 1.62. The standard InChI is InChI=1S/C27H24N4O4.C20H30N2O4.2C14H16N2O.C10H11Br.C10H9Br.C9H9BrO2.C9H7BrO/c1-15-9-10-17-11-12-20(14-22(15)17)31-26(33)24(16(2)30-31)29-28-23-8-4-7-21(25(23)32)18-5-3-6-19(13-18)27(34)35;1-13-8-9-14-10-11-15(12-16(13)14)22(18(24)26-20(5,6)7)21-17(23)25-19(2,3)4;2*1-9-3-4-11-5-6-12(8-13(9)11)16-14(17)7-10(2)15-16;2*1-7-2-3-8-4-5-9(11)6-10(7)8;10-8-4-1-7(2-5-8)3-6-9(11)12;10-7-3-1-6-2-4-9(11)8(6)5-7/h3-8,11-15,30,32H,9-10H2,1-2H3,(H,34,35);10-13H,8-9H2,1-7H3,(H,21,23);2*5-6,8-9H,3-4,7H2,1-2H3;4-7H,2-3H2,1H3;4-6H,1-3H2;1-2,4-5H,3,6H2,(H,11,12);1,3,5H,2,4H2. The van der Waals surface area contributed by atoms with Gasteiger partial charge in [-0.05, 0) is 386 Å². The average molecular weight is 2150 g/mol. The minimum absolute atomic E-state index is 0.0769. The van der Waals surface area contributed by atoms with Gasteiger partial charge in [0.2, 0.25) is 0 Å². The minimum Gasteiger partial charge on any atom is -0.505 e. The lowest BCUT2D eigenvalue weighted by Crippen LogP contribution is -2.50. The monoisotopic (exact) mass is 2140 g/mol. The number of aliphatic carboxylic acids is 1. The number of carboxylic acids is 2. The van der Waals surface area contributed by atoms with Crippen LogP contribution in [0.4, 0.5) is 38.0 Å². The number of hydrazone groups is 2. The van der Waals surface area contributed by atoms with Gasteiger partial charge in [-0.25, -0.2) is 34.5 Å². The molecular weight excluding hydrogens is 2020 g/mol. The van der Waals surface area contributed by atoms with Crippen LogP contribution in [-0.4, -0.2) is 89.4 Å². The number of phenolic OH excluding ortho intramolecular Hbond substituents is 1. The Morgan fingerprint density at radius 3 is 1.43 bits per heavy atom. The number of hydrogen-bond donors (Lipinski definition) is 5. The molecule has 4 amide bonds. The third-order valence-electron chi connectivity index (χ3n) is 25.9. The number of ether oxygens (including phenoxy) is 2. The number of hydrogen-bond acceptors (Lipinski definition) is 15. The number of carbonyl (C=O) groups excluding carboxylic acids is 5. The van der Waals surface area contributed by atoms with Gasteiger partial charge in [0.1, 0.15) is 16.9 Å². The van der Waals surface area contributed by atoms with Gasteiger partial charge in [0.15, 0.2) is 17.2 Å². The molecule has 1 aromatic heterocycles. The zero-order chi connectivity index (χ0) is 101. The van der Waals surface area contributed by atoms with Crippen molar-refractivity contribution in [1.29, 1.82) is 0 Å². The van der Waals surface area contributed by atoms with Crippen molar-refractivity contribution in [3.05, 3.63) is 324 Å². The fraction of sp³-hybridized carbons (Fsp3) is 0.345. The second-order valence-electron chi connectivity index (χ2n) is 39.1. The van der Waals surface area contributed by atoms with Gasteiger partial charge in [-0.1, -0.05) is 184 Å². The number of para-hydroxylation sites is 1. The van der Waals surface area contributed by atoms with E-state index in [-0.39, 0.29) is 52.3 Å². The van der Waals surface area contributed by atoms with Crippen molar-refractivity contribution in [3.63, 3.8) is 0 Å². The number of allylic oxidation sites excluding steroid dienone is 1. The van der Waals surface area contributed by atoms with E-state index >= 15 is 0 Å². The molecule has 2 aliphatic heterocycles. The van der Waals surface area contributed by atoms with Gasteiger partial charge in [0, 0.05) is 53.3 Å². The highest BCUT2D eigenvalue weighted by Crippen LogP contribution is 2.44. The zero-order valence-electron chi connectivity index (χ0n) is 81.8. The Balaban J connectivity index is 0.000000140. The molecule has 20 rings (SSSR count). The molecule has 23 nitrogen and oxygen atoms in total. The molecule has 0 saturated carbocycles. The highest BCUT2D eigenvalue weighted by molar-refractivity contribution is 9.11. The third-order valence-corrected chi connectivity index (χ3v) is 28.0. The second kappa shape index (κ2) is 46.4. The lowest BCUT2D eigenvalue weighted by molar-refractivity contribution is -0.137. The van der Waals surface area contributed by atoms with Crippen molar-refractivity contribution < 1.29 is 58.4 Å². The maximum atomic E-state index is 13.1. The summed E-state index contributed by atoms with van der Waals surface area (Å²) in [7, 11) is 0. The van der Waals surface area contributed by atoms with Crippen LogP contribution in [0.25, 0.3) is 22.4 Å². The number of rotatable bonds is 11. The van der Waals surface area contributed by atoms with Crippen LogP contribution in [0.1, 0.15) is 288 Å². The number of aromatic amines is 1. The molecular formula is C113H122Br4N10O13. The van der Waals surface area contributed by atoms with Crippen LogP contribution in [0.2, 0.25) is 0 Å². The van der Waals surface area contributed by atoms with E-state index in [0.717, 1.165) is 115 Å². The molecule has 5 atom stereocenters. The number of nitrogens with zero attached hydrogens (tertiary/aromatic N) is 8. The fourth-order valence-electron chi connectivity index (χ4n) is 18.4. The maximum absolute atomic E-state index is 13.1. The van der Waals surface area contributed by atoms with Crippen LogP contribution in [0, 0.1) is 6.92 Å². The number of hydrazine groups is 1. The summed E-state index contributed by atoms with van der Waals surface area (Å²) in [5.74, 6) is 1.33. The van der Waals surface area contributed by atoms with Crippen LogP contribution in [-0.2, 0) is 75.2 Å². The number of carbonyl (C=O) groups is 7. The second-order valence-corrected chi connectivity index (χ2v) is 42.7. The van der Waals surface area contributed by atoms with Crippen molar-refractivity contribution in [2.75, 3.05) is 15.0 Å². The van der Waals surface area contributed by atoms with E-state index in [1.807, 2.05) is 98.8 Å². The molecule has 3 heterocycles. The van der Waals surface area contributed by atoms with Crippen molar-refractivity contribution in [1.82, 2.24) is 15.2 Å². The summed E-state index contributed by atoms with van der Waals surface area (Å²) >= 11 is 13.6. The highest BCUT2D eigenvalue weighted by atomic mass is 79.9. The Bertz CT molecular complexity index is 6540. The number of ketones is 1. The van der Waals surface area contributed by atoms with Gasteiger partial charge in [0.05, 0.1) is 46.8 Å². The van der Waals surface area contributed by atoms with Crippen molar-refractivity contribution in [2.24, 2.45) is 20.4 Å². The first kappa shape index (κ1) is 105. The molecule has 10 aromatic carbocycles. The number of halogens is 4. The van der Waals surface area contributed by atoms with E-state index in [0.29, 0.717) is 71.9 Å². The summed E-state index contributed by atoms with van der Waals surface area (Å²) in [6.07, 6.45) is 15.9. The molecule has 7 aliphatic carbocycles. The molecule has 0 fully saturated rings. The van der Waals surface area contributed by atoms with E-state index in [9.17, 15) is 48.6 Å². The molecule has 5 unspecified atom stereocenters. The minimum atomic E-state index is -1.06. The van der Waals surface area contributed by atoms with Gasteiger partial charge >= 0.3 is 24.1 Å². The first-order valence-electron chi connectivity index (χ1n) is 47.7. The Kier molecular flexibility index (Phi) is 34.8. The number of fused-ring (bicyclic) bond motifs is 7. The van der Waals surface area contributed by atoms with Crippen LogP contribution in [0.15, 0.2) is 244 Å². The lowest BCUT2D eigenvalue weighted by atomic mass is 10.0. The zero-order valence-corrected chi connectivity index (χ0v) is 88.2. The van der Waals surface area contributed by atoms with Gasteiger partial charge in [0.25, 0.3) is 17.4 Å². The van der Waals surface area contributed by atoms with Gasteiger partial charge in [-0.15, -0.1) is 10.2 Å². The number of aromatic carboxylic acids is 1. The third kappa shape index (κ3) is 27.3. The molecule has 0 spiro atoms. The number of carboxylic acid groups (broad SMARTS) is 2. The molecule has 0 radical (unpaired) electrons. The number of anilines is 3. The van der Waals surface area contributed by atoms with Crippen LogP contribution in [0.3, 0.4) is 0 Å². The number of Topliss-reactive ketones (excluding diaryl/α,β-unsaturated/α-hetero) is 1. The number of azo groups is 1. The van der Waals surface area contributed by atoms with E-state index in [1.165, 1.54) is 120 Å². The summed E-state index contributed by atoms with van der Waals surface area (Å²) in [6.45, 7) is 31.3. The molecule has 0 bridgehead atoms. The first-order chi connectivity index (χ1) is 66.5. The van der Waals surface area contributed by atoms with E-state index in [1.54, 1.807) is 99.9 Å². The number of nitrogens with one attached hydrogen (secondary N) is 2. The molecule has 730 valence electrons. The molecule has 27 heteroatoms. The van der Waals surface area contributed by atoms with Gasteiger partial charge in [-0.2, -0.15) is 15.2 Å². The number of aromatic hydroxyl groups is 1. The number of phenols is 1. The van der Waals surface area contributed by atoms with Crippen molar-refractivity contribution in [2.45, 2.75) is 253 Å². The Hall–Kier alpha value is -12.3. The number of aryl methyl sites for hydroxylation is 9. The summed E-state index contributed by atoms with van der Waals surface area (Å²) in [6, 6.07) is 62.2. The number of H-pyrrole nitrogens is 1. The normalized spacial score (nSPS) is 17.3. The summed E-state index contributed by atoms with van der Waals surface area (Å²) in [4.78, 5) is 94.3. The number of amides is 4. The maximum Gasteiger partial charge on any atom is 0.434 e. The predicted molar refractivity (Wildman–Crippen MR) is 570 cm³/mol. The van der Waals surface area contributed by atoms with Crippen LogP contribution >= 0.6 is 63.7 Å². The van der Waals surface area contributed by atoms with E-state index < -0.39 is 35.3 Å². The van der Waals surface area contributed by atoms with Gasteiger partial charge in [-0.3, -0.25) is 29.1 Å². The number of aromatic nitrogens is 2.